The van der Waals surface area contributed by atoms with Crippen molar-refractivity contribution in [1.29, 1.82) is 0 Å². The molecular formula is C24H31N7O. The SMILES string of the molecule is CN1CCN(c2ccc(Nc3ncc4c(n3)N(C3CC5CCC3C5)C(=O)NC4)cc2)CC1. The highest BCUT2D eigenvalue weighted by molar-refractivity contribution is 5.94. The normalized spacial score (nSPS) is 27.4. The van der Waals surface area contributed by atoms with Crippen molar-refractivity contribution in [3.8, 4) is 0 Å². The number of urea groups is 1. The minimum Gasteiger partial charge on any atom is -0.369 e. The fraction of sp³-hybridized carbons (Fsp3) is 0.542. The minimum atomic E-state index is -0.0174. The Kier molecular flexibility index (Phi) is 4.90. The number of aromatic nitrogens is 2. The van der Waals surface area contributed by atoms with Gasteiger partial charge in [0.25, 0.3) is 0 Å². The van der Waals surface area contributed by atoms with E-state index in [0.717, 1.165) is 55.6 Å². The van der Waals surface area contributed by atoms with Crippen LogP contribution < -0.4 is 20.4 Å². The summed E-state index contributed by atoms with van der Waals surface area (Å²) < 4.78 is 0. The number of nitrogens with one attached hydrogen (secondary N) is 2. The van der Waals surface area contributed by atoms with Crippen LogP contribution in [0.4, 0.5) is 27.9 Å². The summed E-state index contributed by atoms with van der Waals surface area (Å²) in [5.41, 5.74) is 3.19. The summed E-state index contributed by atoms with van der Waals surface area (Å²) in [6, 6.07) is 8.71. The smallest absolute Gasteiger partial charge is 0.323 e. The van der Waals surface area contributed by atoms with Gasteiger partial charge in [-0.3, -0.25) is 4.90 Å². The van der Waals surface area contributed by atoms with Gasteiger partial charge in [-0.05, 0) is 62.4 Å². The van der Waals surface area contributed by atoms with Gasteiger partial charge in [-0.2, -0.15) is 4.98 Å². The molecular weight excluding hydrogens is 402 g/mol. The third kappa shape index (κ3) is 3.56. The van der Waals surface area contributed by atoms with Gasteiger partial charge in [-0.25, -0.2) is 9.78 Å². The molecule has 2 saturated carbocycles. The molecule has 3 fully saturated rings. The number of fused-ring (bicyclic) bond motifs is 3. The van der Waals surface area contributed by atoms with Gasteiger partial charge < -0.3 is 20.4 Å². The number of amides is 2. The lowest BCUT2D eigenvalue weighted by atomic mass is 9.93. The van der Waals surface area contributed by atoms with E-state index >= 15 is 0 Å². The molecule has 2 aromatic rings. The van der Waals surface area contributed by atoms with Gasteiger partial charge in [0, 0.05) is 61.9 Å². The minimum absolute atomic E-state index is 0.0174. The Morgan fingerprint density at radius 3 is 2.59 bits per heavy atom. The van der Waals surface area contributed by atoms with Crippen LogP contribution in [0.15, 0.2) is 30.5 Å². The first-order chi connectivity index (χ1) is 15.6. The van der Waals surface area contributed by atoms with E-state index in [2.05, 4.69) is 56.7 Å². The Balaban J connectivity index is 1.20. The Labute approximate surface area is 189 Å². The highest BCUT2D eigenvalue weighted by Gasteiger charge is 2.46. The zero-order chi connectivity index (χ0) is 21.7. The topological polar surface area (TPSA) is 76.6 Å². The number of carbonyl (C=O) groups excluding carboxylic acids is 1. The molecule has 8 nitrogen and oxygen atoms in total. The zero-order valence-electron chi connectivity index (χ0n) is 18.6. The third-order valence-corrected chi connectivity index (χ3v) is 7.74. The molecule has 32 heavy (non-hydrogen) atoms. The van der Waals surface area contributed by atoms with Crippen LogP contribution >= 0.6 is 0 Å². The third-order valence-electron chi connectivity index (χ3n) is 7.74. The van der Waals surface area contributed by atoms with Crippen LogP contribution in [0.5, 0.6) is 0 Å². The highest BCUT2D eigenvalue weighted by atomic mass is 16.2. The molecule has 8 heteroatoms. The summed E-state index contributed by atoms with van der Waals surface area (Å²) in [6.45, 7) is 4.78. The van der Waals surface area contributed by atoms with Crippen molar-refractivity contribution in [2.75, 3.05) is 48.3 Å². The average molecular weight is 434 g/mol. The molecule has 2 aliphatic carbocycles. The van der Waals surface area contributed by atoms with Gasteiger partial charge in [0.2, 0.25) is 5.95 Å². The Morgan fingerprint density at radius 1 is 1.06 bits per heavy atom. The predicted octanol–water partition coefficient (Wildman–Crippen LogP) is 3.19. The molecule has 6 rings (SSSR count). The molecule has 2 N–H and O–H groups in total. The first kappa shape index (κ1) is 19.8. The molecule has 1 aromatic carbocycles. The molecule has 2 amide bonds. The average Bonchev–Trinajstić information content (AvgIpc) is 3.44. The molecule has 3 heterocycles. The number of piperazine rings is 1. The van der Waals surface area contributed by atoms with Crippen molar-refractivity contribution in [1.82, 2.24) is 20.2 Å². The van der Waals surface area contributed by atoms with Gasteiger partial charge in [0.15, 0.2) is 0 Å². The maximum absolute atomic E-state index is 12.8. The first-order valence-corrected chi connectivity index (χ1v) is 11.9. The van der Waals surface area contributed by atoms with Crippen molar-refractivity contribution in [2.45, 2.75) is 38.3 Å². The van der Waals surface area contributed by atoms with Crippen LogP contribution in [0.1, 0.15) is 31.2 Å². The zero-order valence-corrected chi connectivity index (χ0v) is 18.6. The number of likely N-dealkylation sites (N-methyl/N-ethyl adjacent to an activating group) is 1. The van der Waals surface area contributed by atoms with Crippen LogP contribution in [0, 0.1) is 11.8 Å². The van der Waals surface area contributed by atoms with E-state index in [0.29, 0.717) is 18.4 Å². The van der Waals surface area contributed by atoms with Gasteiger partial charge >= 0.3 is 6.03 Å². The Morgan fingerprint density at radius 2 is 1.88 bits per heavy atom. The standard InChI is InChI=1S/C24H31N7O/c1-29-8-10-30(11-9-29)20-6-4-19(5-7-20)27-23-25-14-18-15-26-24(32)31(22(18)28-23)21-13-16-2-3-17(21)12-16/h4-7,14,16-17,21H,2-3,8-13,15H2,1H3,(H,26,32)(H,25,27,28). The lowest BCUT2D eigenvalue weighted by Crippen LogP contribution is -2.52. The van der Waals surface area contributed by atoms with E-state index in [-0.39, 0.29) is 12.1 Å². The molecule has 4 aliphatic rings. The lowest BCUT2D eigenvalue weighted by Gasteiger charge is -2.37. The second-order valence-corrected chi connectivity index (χ2v) is 9.78. The second kappa shape index (κ2) is 7.92. The van der Waals surface area contributed by atoms with Crippen molar-refractivity contribution in [3.63, 3.8) is 0 Å². The van der Waals surface area contributed by atoms with Crippen LogP contribution in [0.25, 0.3) is 0 Å². The number of hydrogen-bond donors (Lipinski definition) is 2. The highest BCUT2D eigenvalue weighted by Crippen LogP contribution is 2.48. The van der Waals surface area contributed by atoms with Crippen LogP contribution in [0.2, 0.25) is 0 Å². The number of hydrogen-bond acceptors (Lipinski definition) is 6. The Hall–Kier alpha value is -2.87. The summed E-state index contributed by atoms with van der Waals surface area (Å²) in [7, 11) is 2.17. The maximum atomic E-state index is 12.8. The first-order valence-electron chi connectivity index (χ1n) is 11.9. The number of carbonyl (C=O) groups is 1. The monoisotopic (exact) mass is 433 g/mol. The molecule has 1 aromatic heterocycles. The largest absolute Gasteiger partial charge is 0.369 e. The molecule has 168 valence electrons. The quantitative estimate of drug-likeness (QED) is 0.771. The van der Waals surface area contributed by atoms with Gasteiger partial charge in [-0.15, -0.1) is 0 Å². The predicted molar refractivity (Wildman–Crippen MR) is 125 cm³/mol. The van der Waals surface area contributed by atoms with Crippen LogP contribution in [-0.2, 0) is 6.54 Å². The summed E-state index contributed by atoms with van der Waals surface area (Å²) in [6.07, 6.45) is 6.73. The number of nitrogens with zero attached hydrogens (tertiary/aromatic N) is 5. The van der Waals surface area contributed by atoms with Crippen LogP contribution in [-0.4, -0.2) is 60.2 Å². The summed E-state index contributed by atoms with van der Waals surface area (Å²) in [5, 5.41) is 6.36. The van der Waals surface area contributed by atoms with Crippen LogP contribution in [0.3, 0.4) is 0 Å². The molecule has 0 spiro atoms. The van der Waals surface area contributed by atoms with Crippen molar-refractivity contribution >= 4 is 29.2 Å². The van der Waals surface area contributed by atoms with E-state index in [1.54, 1.807) is 0 Å². The van der Waals surface area contributed by atoms with Gasteiger partial charge in [0.05, 0.1) is 0 Å². The number of benzene rings is 1. The molecule has 2 bridgehead atoms. The van der Waals surface area contributed by atoms with Gasteiger partial charge in [0.1, 0.15) is 5.82 Å². The number of rotatable bonds is 4. The second-order valence-electron chi connectivity index (χ2n) is 9.78. The van der Waals surface area contributed by atoms with E-state index in [1.165, 1.54) is 24.9 Å². The maximum Gasteiger partial charge on any atom is 0.323 e. The molecule has 3 unspecified atom stereocenters. The summed E-state index contributed by atoms with van der Waals surface area (Å²) in [4.78, 5) is 28.9. The van der Waals surface area contributed by atoms with Crippen molar-refractivity contribution in [2.24, 2.45) is 11.8 Å². The molecule has 1 saturated heterocycles. The lowest BCUT2D eigenvalue weighted by molar-refractivity contribution is 0.237. The summed E-state index contributed by atoms with van der Waals surface area (Å²) in [5.74, 6) is 2.68. The molecule has 0 radical (unpaired) electrons. The fourth-order valence-electron chi connectivity index (χ4n) is 5.93. The van der Waals surface area contributed by atoms with E-state index in [1.807, 2.05) is 11.1 Å². The van der Waals surface area contributed by atoms with Crippen molar-refractivity contribution in [3.05, 3.63) is 36.0 Å². The van der Waals surface area contributed by atoms with Crippen molar-refractivity contribution < 1.29 is 4.79 Å². The molecule has 3 atom stereocenters. The van der Waals surface area contributed by atoms with E-state index in [9.17, 15) is 4.79 Å². The number of anilines is 4. The van der Waals surface area contributed by atoms with E-state index in [4.69, 9.17) is 4.98 Å². The van der Waals surface area contributed by atoms with E-state index < -0.39 is 0 Å². The molecule has 2 aliphatic heterocycles. The van der Waals surface area contributed by atoms with Gasteiger partial charge in [-0.1, -0.05) is 6.42 Å². The Bertz CT molecular complexity index is 1000. The summed E-state index contributed by atoms with van der Waals surface area (Å²) >= 11 is 0. The fourth-order valence-corrected chi connectivity index (χ4v) is 5.93.